The van der Waals surface area contributed by atoms with Crippen LogP contribution < -0.4 is 19.5 Å². The van der Waals surface area contributed by atoms with Gasteiger partial charge >= 0.3 is 0 Å². The van der Waals surface area contributed by atoms with E-state index in [9.17, 15) is 4.79 Å². The molecule has 0 bridgehead atoms. The van der Waals surface area contributed by atoms with Crippen molar-refractivity contribution in [1.29, 1.82) is 0 Å². The summed E-state index contributed by atoms with van der Waals surface area (Å²) in [6.45, 7) is 1.70. The molecule has 1 aliphatic heterocycles. The normalized spacial score (nSPS) is 16.0. The molecule has 0 radical (unpaired) electrons. The average Bonchev–Trinajstić information content (AvgIpc) is 3.24. The van der Waals surface area contributed by atoms with E-state index >= 15 is 0 Å². The Hall–Kier alpha value is -2.73. The van der Waals surface area contributed by atoms with Crippen molar-refractivity contribution in [3.05, 3.63) is 53.6 Å². The third-order valence-corrected chi connectivity index (χ3v) is 4.50. The van der Waals surface area contributed by atoms with Gasteiger partial charge in [-0.3, -0.25) is 4.79 Å². The van der Waals surface area contributed by atoms with E-state index in [0.29, 0.717) is 30.2 Å². The predicted octanol–water partition coefficient (Wildman–Crippen LogP) is 3.19. The summed E-state index contributed by atoms with van der Waals surface area (Å²) in [5, 5.41) is 2.90. The molecule has 144 valence electrons. The molecule has 1 amide bonds. The molecule has 1 N–H and O–H groups in total. The Morgan fingerprint density at radius 3 is 2.56 bits per heavy atom. The third kappa shape index (κ3) is 5.14. The molecule has 2 aromatic rings. The summed E-state index contributed by atoms with van der Waals surface area (Å²) in [4.78, 5) is 12.4. The minimum atomic E-state index is -0.162. The van der Waals surface area contributed by atoms with Crippen LogP contribution in [0.5, 0.6) is 17.2 Å². The number of hydrogen-bond acceptors (Lipinski definition) is 5. The van der Waals surface area contributed by atoms with Crippen LogP contribution in [-0.4, -0.2) is 39.4 Å². The number of amides is 1. The summed E-state index contributed by atoms with van der Waals surface area (Å²) in [5.41, 5.74) is 1.42. The molecular weight excluding hydrogens is 346 g/mol. The van der Waals surface area contributed by atoms with E-state index in [1.54, 1.807) is 38.5 Å². The van der Waals surface area contributed by atoms with E-state index in [2.05, 4.69) is 5.32 Å². The van der Waals surface area contributed by atoms with Crippen molar-refractivity contribution in [3.63, 3.8) is 0 Å². The molecule has 0 unspecified atom stereocenters. The minimum absolute atomic E-state index is 0.162. The third-order valence-electron chi connectivity index (χ3n) is 4.50. The zero-order valence-electron chi connectivity index (χ0n) is 15.7. The second kappa shape index (κ2) is 9.28. The van der Waals surface area contributed by atoms with Crippen molar-refractivity contribution in [1.82, 2.24) is 5.32 Å². The van der Waals surface area contributed by atoms with Crippen LogP contribution >= 0.6 is 0 Å². The van der Waals surface area contributed by atoms with Gasteiger partial charge in [0.15, 0.2) is 0 Å². The smallest absolute Gasteiger partial charge is 0.251 e. The Morgan fingerprint density at radius 1 is 1.11 bits per heavy atom. The van der Waals surface area contributed by atoms with Gasteiger partial charge in [-0.15, -0.1) is 0 Å². The molecule has 0 saturated carbocycles. The highest BCUT2D eigenvalue weighted by atomic mass is 16.5. The number of rotatable bonds is 8. The maximum Gasteiger partial charge on any atom is 0.251 e. The summed E-state index contributed by atoms with van der Waals surface area (Å²) in [6, 6.07) is 12.6. The Bertz CT molecular complexity index is 754. The van der Waals surface area contributed by atoms with Crippen LogP contribution in [0.1, 0.15) is 28.8 Å². The molecule has 1 saturated heterocycles. The number of hydrogen-bond donors (Lipinski definition) is 1. The lowest BCUT2D eigenvalue weighted by Gasteiger charge is -2.13. The summed E-state index contributed by atoms with van der Waals surface area (Å²) < 4.78 is 21.8. The van der Waals surface area contributed by atoms with Crippen LogP contribution in [0.2, 0.25) is 0 Å². The van der Waals surface area contributed by atoms with Crippen LogP contribution in [0.4, 0.5) is 0 Å². The molecule has 6 heteroatoms. The standard InChI is InChI=1S/C21H25NO5/c1-24-18-9-10-20(25-2)16(12-18)13-22-21(23)15-5-7-17(8-6-15)27-14-19-4-3-11-26-19/h5-10,12,19H,3-4,11,13-14H2,1-2H3,(H,22,23)/t19-/m1/s1. The Balaban J connectivity index is 1.55. The van der Waals surface area contributed by atoms with E-state index in [4.69, 9.17) is 18.9 Å². The molecule has 1 heterocycles. The van der Waals surface area contributed by atoms with Crippen molar-refractivity contribution in [2.75, 3.05) is 27.4 Å². The van der Waals surface area contributed by atoms with Crippen molar-refractivity contribution >= 4 is 5.91 Å². The van der Waals surface area contributed by atoms with E-state index in [1.807, 2.05) is 18.2 Å². The number of carbonyl (C=O) groups is 1. The Labute approximate surface area is 159 Å². The first-order chi connectivity index (χ1) is 13.2. The van der Waals surface area contributed by atoms with Gasteiger partial charge in [0.25, 0.3) is 5.91 Å². The molecule has 1 fully saturated rings. The molecule has 1 aliphatic rings. The van der Waals surface area contributed by atoms with Gasteiger partial charge in [0.2, 0.25) is 0 Å². The number of benzene rings is 2. The molecule has 0 spiro atoms. The average molecular weight is 371 g/mol. The molecule has 27 heavy (non-hydrogen) atoms. The highest BCUT2D eigenvalue weighted by Gasteiger charge is 2.16. The second-order valence-electron chi connectivity index (χ2n) is 6.33. The largest absolute Gasteiger partial charge is 0.497 e. The lowest BCUT2D eigenvalue weighted by molar-refractivity contribution is 0.0679. The topological polar surface area (TPSA) is 66.0 Å². The quantitative estimate of drug-likeness (QED) is 0.772. The maximum absolute atomic E-state index is 12.4. The van der Waals surface area contributed by atoms with Crippen LogP contribution in [0.15, 0.2) is 42.5 Å². The van der Waals surface area contributed by atoms with Gasteiger partial charge in [0.05, 0.1) is 20.3 Å². The van der Waals surface area contributed by atoms with Gasteiger partial charge in [-0.1, -0.05) is 0 Å². The highest BCUT2D eigenvalue weighted by molar-refractivity contribution is 5.94. The van der Waals surface area contributed by atoms with Gasteiger partial charge in [0, 0.05) is 24.3 Å². The van der Waals surface area contributed by atoms with E-state index in [-0.39, 0.29) is 12.0 Å². The fourth-order valence-corrected chi connectivity index (χ4v) is 2.97. The molecular formula is C21H25NO5. The van der Waals surface area contributed by atoms with Crippen molar-refractivity contribution in [3.8, 4) is 17.2 Å². The number of carbonyl (C=O) groups excluding carboxylic acids is 1. The highest BCUT2D eigenvalue weighted by Crippen LogP contribution is 2.24. The first-order valence-corrected chi connectivity index (χ1v) is 9.03. The molecule has 1 atom stereocenters. The van der Waals surface area contributed by atoms with Crippen LogP contribution in [0.25, 0.3) is 0 Å². The fraction of sp³-hybridized carbons (Fsp3) is 0.381. The van der Waals surface area contributed by atoms with Gasteiger partial charge < -0.3 is 24.3 Å². The Morgan fingerprint density at radius 2 is 1.89 bits per heavy atom. The number of ether oxygens (including phenoxy) is 4. The first-order valence-electron chi connectivity index (χ1n) is 9.03. The minimum Gasteiger partial charge on any atom is -0.497 e. The zero-order valence-corrected chi connectivity index (χ0v) is 15.7. The van der Waals surface area contributed by atoms with Gasteiger partial charge in [0.1, 0.15) is 23.9 Å². The van der Waals surface area contributed by atoms with Crippen LogP contribution in [-0.2, 0) is 11.3 Å². The first kappa shape index (κ1) is 19.0. The fourth-order valence-electron chi connectivity index (χ4n) is 2.97. The monoisotopic (exact) mass is 371 g/mol. The van der Waals surface area contributed by atoms with Gasteiger partial charge in [-0.25, -0.2) is 0 Å². The lowest BCUT2D eigenvalue weighted by Crippen LogP contribution is -2.23. The molecule has 0 aromatic heterocycles. The van der Waals surface area contributed by atoms with E-state index in [0.717, 1.165) is 30.8 Å². The summed E-state index contributed by atoms with van der Waals surface area (Å²) in [5.74, 6) is 1.99. The number of nitrogens with one attached hydrogen (secondary N) is 1. The lowest BCUT2D eigenvalue weighted by atomic mass is 10.1. The molecule has 2 aromatic carbocycles. The predicted molar refractivity (Wildman–Crippen MR) is 102 cm³/mol. The molecule has 6 nitrogen and oxygen atoms in total. The maximum atomic E-state index is 12.4. The molecule has 3 rings (SSSR count). The van der Waals surface area contributed by atoms with Crippen molar-refractivity contribution in [2.24, 2.45) is 0 Å². The van der Waals surface area contributed by atoms with Gasteiger partial charge in [-0.05, 0) is 55.3 Å². The van der Waals surface area contributed by atoms with E-state index < -0.39 is 0 Å². The zero-order chi connectivity index (χ0) is 19.1. The van der Waals surface area contributed by atoms with Crippen molar-refractivity contribution in [2.45, 2.75) is 25.5 Å². The SMILES string of the molecule is COc1ccc(OC)c(CNC(=O)c2ccc(OC[C@H]3CCCO3)cc2)c1. The molecule has 0 aliphatic carbocycles. The van der Waals surface area contributed by atoms with Crippen LogP contribution in [0.3, 0.4) is 0 Å². The second-order valence-corrected chi connectivity index (χ2v) is 6.33. The summed E-state index contributed by atoms with van der Waals surface area (Å²) in [6.07, 6.45) is 2.30. The number of methoxy groups -OCH3 is 2. The van der Waals surface area contributed by atoms with Crippen molar-refractivity contribution < 1.29 is 23.7 Å². The Kier molecular flexibility index (Phi) is 6.54. The summed E-state index contributed by atoms with van der Waals surface area (Å²) in [7, 11) is 3.20. The van der Waals surface area contributed by atoms with E-state index in [1.165, 1.54) is 0 Å². The van der Waals surface area contributed by atoms with Crippen LogP contribution in [0, 0.1) is 0 Å². The van der Waals surface area contributed by atoms with Gasteiger partial charge in [-0.2, -0.15) is 0 Å². The summed E-state index contributed by atoms with van der Waals surface area (Å²) >= 11 is 0.